The van der Waals surface area contributed by atoms with Crippen molar-refractivity contribution in [2.24, 2.45) is 0 Å². The second-order valence-corrected chi connectivity index (χ2v) is 5.33. The molecular formula is C20H22O4. The Hall–Kier alpha value is -2.75. The number of carboxylic acid groups (broad SMARTS) is 1. The zero-order valence-corrected chi connectivity index (χ0v) is 14.0. The number of benzene rings is 2. The van der Waals surface area contributed by atoms with Gasteiger partial charge in [-0.1, -0.05) is 43.7 Å². The highest BCUT2D eigenvalue weighted by Crippen LogP contribution is 2.29. The molecule has 24 heavy (non-hydrogen) atoms. The average Bonchev–Trinajstić information content (AvgIpc) is 2.61. The Bertz CT molecular complexity index is 705. The number of carboxylic acids is 1. The Balaban J connectivity index is 2.42. The molecule has 0 aromatic heterocycles. The lowest BCUT2D eigenvalue weighted by Gasteiger charge is -2.12. The molecule has 0 saturated heterocycles. The number of carbonyl (C=O) groups is 1. The molecule has 0 aliphatic rings. The standard InChI is InChI=1S/C20H22O4/c1-3-4-12-24-19-14-17(23-2)11-10-16(19)13-18(20(21)22)15-8-6-5-7-9-15/h5-11,13-14H,3-4,12H2,1-2H3,(H,21,22)/b18-13-. The van der Waals surface area contributed by atoms with Crippen LogP contribution in [0.25, 0.3) is 11.6 Å². The van der Waals surface area contributed by atoms with E-state index >= 15 is 0 Å². The summed E-state index contributed by atoms with van der Waals surface area (Å²) in [5.41, 5.74) is 1.59. The molecule has 0 radical (unpaired) electrons. The van der Waals surface area contributed by atoms with Crippen molar-refractivity contribution in [2.45, 2.75) is 19.8 Å². The number of ether oxygens (including phenoxy) is 2. The minimum atomic E-state index is -0.975. The largest absolute Gasteiger partial charge is 0.497 e. The molecule has 4 heteroatoms. The molecule has 2 aromatic carbocycles. The number of aliphatic carboxylic acids is 1. The van der Waals surface area contributed by atoms with Crippen molar-refractivity contribution in [3.05, 3.63) is 59.7 Å². The van der Waals surface area contributed by atoms with E-state index in [1.165, 1.54) is 0 Å². The number of hydrogen-bond acceptors (Lipinski definition) is 3. The van der Waals surface area contributed by atoms with Crippen molar-refractivity contribution >= 4 is 17.6 Å². The molecule has 0 heterocycles. The van der Waals surface area contributed by atoms with Gasteiger partial charge in [0.2, 0.25) is 0 Å². The number of methoxy groups -OCH3 is 1. The smallest absolute Gasteiger partial charge is 0.336 e. The van der Waals surface area contributed by atoms with Crippen molar-refractivity contribution in [1.29, 1.82) is 0 Å². The molecule has 0 saturated carbocycles. The summed E-state index contributed by atoms with van der Waals surface area (Å²) in [5.74, 6) is 0.323. The lowest BCUT2D eigenvalue weighted by molar-refractivity contribution is -0.130. The summed E-state index contributed by atoms with van der Waals surface area (Å²) in [7, 11) is 1.59. The molecule has 0 bridgehead atoms. The minimum absolute atomic E-state index is 0.223. The van der Waals surface area contributed by atoms with Gasteiger partial charge in [0.25, 0.3) is 0 Å². The fourth-order valence-corrected chi connectivity index (χ4v) is 2.25. The topological polar surface area (TPSA) is 55.8 Å². The Kier molecular flexibility index (Phi) is 6.43. The van der Waals surface area contributed by atoms with Gasteiger partial charge in [-0.25, -0.2) is 4.79 Å². The van der Waals surface area contributed by atoms with Gasteiger partial charge >= 0.3 is 5.97 Å². The molecule has 0 atom stereocenters. The van der Waals surface area contributed by atoms with Gasteiger partial charge in [0.15, 0.2) is 0 Å². The highest BCUT2D eigenvalue weighted by molar-refractivity contribution is 6.20. The van der Waals surface area contributed by atoms with Crippen LogP contribution in [0, 0.1) is 0 Å². The lowest BCUT2D eigenvalue weighted by Crippen LogP contribution is -2.02. The van der Waals surface area contributed by atoms with Crippen molar-refractivity contribution in [3.63, 3.8) is 0 Å². The first-order chi connectivity index (χ1) is 11.7. The Morgan fingerprint density at radius 3 is 2.54 bits per heavy atom. The fraction of sp³-hybridized carbons (Fsp3) is 0.250. The summed E-state index contributed by atoms with van der Waals surface area (Å²) in [4.78, 5) is 11.7. The van der Waals surface area contributed by atoms with Crippen molar-refractivity contribution in [2.75, 3.05) is 13.7 Å². The Labute approximate surface area is 142 Å². The molecular weight excluding hydrogens is 304 g/mol. The summed E-state index contributed by atoms with van der Waals surface area (Å²) >= 11 is 0. The van der Waals surface area contributed by atoms with Gasteiger partial charge in [-0.3, -0.25) is 0 Å². The molecule has 2 rings (SSSR count). The first kappa shape index (κ1) is 17.6. The van der Waals surface area contributed by atoms with Crippen LogP contribution in [-0.2, 0) is 4.79 Å². The maximum atomic E-state index is 11.7. The van der Waals surface area contributed by atoms with Crippen LogP contribution in [0.3, 0.4) is 0 Å². The zero-order chi connectivity index (χ0) is 17.4. The summed E-state index contributed by atoms with van der Waals surface area (Å²) in [5, 5.41) is 9.56. The van der Waals surface area contributed by atoms with Crippen molar-refractivity contribution < 1.29 is 19.4 Å². The molecule has 0 aliphatic carbocycles. The molecule has 0 fully saturated rings. The Morgan fingerprint density at radius 2 is 1.92 bits per heavy atom. The second kappa shape index (κ2) is 8.77. The summed E-state index contributed by atoms with van der Waals surface area (Å²) in [6, 6.07) is 14.4. The third-order valence-electron chi connectivity index (χ3n) is 3.59. The first-order valence-electron chi connectivity index (χ1n) is 7.97. The van der Waals surface area contributed by atoms with Gasteiger partial charge in [-0.15, -0.1) is 0 Å². The maximum absolute atomic E-state index is 11.7. The normalized spacial score (nSPS) is 11.2. The van der Waals surface area contributed by atoms with Gasteiger partial charge in [-0.05, 0) is 30.2 Å². The van der Waals surface area contributed by atoms with Crippen LogP contribution in [0.4, 0.5) is 0 Å². The van der Waals surface area contributed by atoms with E-state index in [9.17, 15) is 9.90 Å². The molecule has 0 amide bonds. The van der Waals surface area contributed by atoms with E-state index in [0.29, 0.717) is 29.2 Å². The predicted octanol–water partition coefficient (Wildman–Crippen LogP) is 4.50. The molecule has 126 valence electrons. The molecule has 0 aliphatic heterocycles. The predicted molar refractivity (Wildman–Crippen MR) is 95.3 cm³/mol. The van der Waals surface area contributed by atoms with Gasteiger partial charge in [0.1, 0.15) is 11.5 Å². The van der Waals surface area contributed by atoms with E-state index in [4.69, 9.17) is 9.47 Å². The second-order valence-electron chi connectivity index (χ2n) is 5.33. The van der Waals surface area contributed by atoms with E-state index in [0.717, 1.165) is 12.8 Å². The number of unbranched alkanes of at least 4 members (excludes halogenated alkanes) is 1. The molecule has 4 nitrogen and oxygen atoms in total. The quantitative estimate of drug-likeness (QED) is 0.441. The third-order valence-corrected chi connectivity index (χ3v) is 3.59. The number of hydrogen-bond donors (Lipinski definition) is 1. The first-order valence-corrected chi connectivity index (χ1v) is 7.97. The molecule has 1 N–H and O–H groups in total. The van der Waals surface area contributed by atoms with Gasteiger partial charge in [0, 0.05) is 11.6 Å². The van der Waals surface area contributed by atoms with Crippen LogP contribution < -0.4 is 9.47 Å². The van der Waals surface area contributed by atoms with E-state index in [1.54, 1.807) is 37.5 Å². The van der Waals surface area contributed by atoms with Gasteiger partial charge in [0.05, 0.1) is 19.3 Å². The molecule has 0 spiro atoms. The van der Waals surface area contributed by atoms with E-state index in [-0.39, 0.29) is 5.57 Å². The van der Waals surface area contributed by atoms with Crippen LogP contribution >= 0.6 is 0 Å². The number of rotatable bonds is 8. The molecule has 0 unspecified atom stereocenters. The highest BCUT2D eigenvalue weighted by atomic mass is 16.5. The van der Waals surface area contributed by atoms with Crippen LogP contribution in [0.5, 0.6) is 11.5 Å². The highest BCUT2D eigenvalue weighted by Gasteiger charge is 2.12. The SMILES string of the molecule is CCCCOc1cc(OC)ccc1/C=C(\C(=O)O)c1ccccc1. The monoisotopic (exact) mass is 326 g/mol. The summed E-state index contributed by atoms with van der Waals surface area (Å²) < 4.78 is 11.1. The Morgan fingerprint density at radius 1 is 1.17 bits per heavy atom. The third kappa shape index (κ3) is 4.62. The van der Waals surface area contributed by atoms with Crippen LogP contribution in [0.1, 0.15) is 30.9 Å². The summed E-state index contributed by atoms with van der Waals surface area (Å²) in [6.07, 6.45) is 3.60. The van der Waals surface area contributed by atoms with Gasteiger partial charge in [-0.2, -0.15) is 0 Å². The van der Waals surface area contributed by atoms with Crippen LogP contribution in [-0.4, -0.2) is 24.8 Å². The van der Waals surface area contributed by atoms with Crippen LogP contribution in [0.2, 0.25) is 0 Å². The zero-order valence-electron chi connectivity index (χ0n) is 14.0. The van der Waals surface area contributed by atoms with E-state index < -0.39 is 5.97 Å². The minimum Gasteiger partial charge on any atom is -0.497 e. The molecule has 2 aromatic rings. The lowest BCUT2D eigenvalue weighted by atomic mass is 10.0. The fourth-order valence-electron chi connectivity index (χ4n) is 2.25. The van der Waals surface area contributed by atoms with E-state index in [2.05, 4.69) is 6.92 Å². The van der Waals surface area contributed by atoms with E-state index in [1.807, 2.05) is 24.3 Å². The van der Waals surface area contributed by atoms with Gasteiger partial charge < -0.3 is 14.6 Å². The van der Waals surface area contributed by atoms with Crippen LogP contribution in [0.15, 0.2) is 48.5 Å². The average molecular weight is 326 g/mol. The van der Waals surface area contributed by atoms with Crippen molar-refractivity contribution in [3.8, 4) is 11.5 Å². The maximum Gasteiger partial charge on any atom is 0.336 e. The van der Waals surface area contributed by atoms with Crippen molar-refractivity contribution in [1.82, 2.24) is 0 Å². The summed E-state index contributed by atoms with van der Waals surface area (Å²) in [6.45, 7) is 2.67.